The maximum atomic E-state index is 14.5. The van der Waals surface area contributed by atoms with Gasteiger partial charge in [0.1, 0.15) is 23.1 Å². The van der Waals surface area contributed by atoms with Gasteiger partial charge in [0.15, 0.2) is 0 Å². The molecule has 0 aliphatic heterocycles. The molecule has 0 aliphatic rings. The Morgan fingerprint density at radius 1 is 1.06 bits per heavy atom. The van der Waals surface area contributed by atoms with Crippen molar-refractivity contribution in [3.05, 3.63) is 77.8 Å². The van der Waals surface area contributed by atoms with Crippen LogP contribution in [0.15, 0.2) is 54.7 Å². The first kappa shape index (κ1) is 24.4. The Morgan fingerprint density at radius 3 is 2.33 bits per heavy atom. The third-order valence-electron chi connectivity index (χ3n) is 4.99. The number of hydrogen-bond donors (Lipinski definition) is 1. The van der Waals surface area contributed by atoms with Gasteiger partial charge in [-0.2, -0.15) is 0 Å². The minimum absolute atomic E-state index is 0.0630. The van der Waals surface area contributed by atoms with E-state index in [1.165, 1.54) is 0 Å². The van der Waals surface area contributed by atoms with Crippen molar-refractivity contribution >= 4 is 6.09 Å². The summed E-state index contributed by atoms with van der Waals surface area (Å²) in [6.45, 7) is 11.7. The molecule has 33 heavy (non-hydrogen) atoms. The summed E-state index contributed by atoms with van der Waals surface area (Å²) < 4.78 is 35.8. The highest BCUT2D eigenvalue weighted by Gasteiger charge is 2.34. The van der Waals surface area contributed by atoms with Gasteiger partial charge < -0.3 is 14.6 Å². The molecule has 0 spiro atoms. The Bertz CT molecular complexity index is 1110. The van der Waals surface area contributed by atoms with Crippen LogP contribution in [0.2, 0.25) is 0 Å². The van der Waals surface area contributed by atoms with E-state index >= 15 is 0 Å². The lowest BCUT2D eigenvalue weighted by molar-refractivity contribution is 0.0456. The zero-order chi connectivity index (χ0) is 24.4. The highest BCUT2D eigenvalue weighted by Crippen LogP contribution is 2.35. The number of carbonyl (C=O) groups is 1. The second-order valence-corrected chi connectivity index (χ2v) is 10.2. The molecular formula is C26H31F2N3O2. The molecule has 0 radical (unpaired) electrons. The quantitative estimate of drug-likeness (QED) is 0.478. The van der Waals surface area contributed by atoms with Crippen molar-refractivity contribution in [2.45, 2.75) is 59.7 Å². The highest BCUT2D eigenvalue weighted by atomic mass is 19.1. The van der Waals surface area contributed by atoms with Crippen molar-refractivity contribution in [1.82, 2.24) is 14.9 Å². The molecule has 176 valence electrons. The number of benzene rings is 2. The van der Waals surface area contributed by atoms with Gasteiger partial charge in [-0.05, 0) is 49.9 Å². The molecule has 1 atom stereocenters. The van der Waals surface area contributed by atoms with Crippen LogP contribution in [0.4, 0.5) is 13.6 Å². The number of ether oxygens (including phenoxy) is 1. The van der Waals surface area contributed by atoms with E-state index in [1.54, 1.807) is 27.0 Å². The van der Waals surface area contributed by atoms with E-state index in [1.807, 2.05) is 55.7 Å². The molecule has 1 aromatic heterocycles. The van der Waals surface area contributed by atoms with Crippen LogP contribution < -0.4 is 5.32 Å². The number of nitrogens with zero attached hydrogens (tertiary/aromatic N) is 2. The lowest BCUT2D eigenvalue weighted by Crippen LogP contribution is -2.41. The van der Waals surface area contributed by atoms with Crippen molar-refractivity contribution in [2.75, 3.05) is 0 Å². The van der Waals surface area contributed by atoms with Gasteiger partial charge in [0.05, 0.1) is 11.7 Å². The van der Waals surface area contributed by atoms with Crippen LogP contribution in [0.25, 0.3) is 11.3 Å². The van der Waals surface area contributed by atoms with Crippen LogP contribution in [0.1, 0.15) is 59.0 Å². The Hall–Kier alpha value is -3.22. The molecule has 1 unspecified atom stereocenters. The molecule has 0 aliphatic carbocycles. The first-order chi connectivity index (χ1) is 15.3. The number of halogens is 2. The van der Waals surface area contributed by atoms with Gasteiger partial charge in [0.25, 0.3) is 0 Å². The molecule has 1 N–H and O–H groups in total. The summed E-state index contributed by atoms with van der Waals surface area (Å²) in [5.41, 5.74) is 0.245. The van der Waals surface area contributed by atoms with Gasteiger partial charge in [0, 0.05) is 18.3 Å². The Kier molecular flexibility index (Phi) is 6.91. The van der Waals surface area contributed by atoms with Gasteiger partial charge in [-0.25, -0.2) is 18.6 Å². The van der Waals surface area contributed by atoms with E-state index in [0.717, 1.165) is 23.8 Å². The van der Waals surface area contributed by atoms with Crippen LogP contribution >= 0.6 is 0 Å². The fourth-order valence-corrected chi connectivity index (χ4v) is 3.48. The molecule has 3 rings (SSSR count). The second-order valence-electron chi connectivity index (χ2n) is 10.2. The second kappa shape index (κ2) is 9.33. The van der Waals surface area contributed by atoms with Crippen molar-refractivity contribution in [1.29, 1.82) is 0 Å². The number of aromatic nitrogens is 2. The first-order valence-corrected chi connectivity index (χ1v) is 10.9. The van der Waals surface area contributed by atoms with Crippen LogP contribution in [0.5, 0.6) is 0 Å². The standard InChI is InChI=1S/C26H31F2N3O2/c1-25(2,3)22(30-24(32)33-26(4,5)6)23-29-21(19-14-18(27)12-13-20(19)28)16-31(23)15-17-10-8-7-9-11-17/h7-14,16,22H,15H2,1-6H3,(H,30,32). The lowest BCUT2D eigenvalue weighted by atomic mass is 9.86. The molecule has 0 saturated heterocycles. The SMILES string of the molecule is CC(C)(C)OC(=O)NC(c1nc(-c2cc(F)ccc2F)cn1Cc1ccccc1)C(C)(C)C. The molecule has 0 bridgehead atoms. The number of alkyl carbamates (subject to hydrolysis) is 1. The molecule has 0 fully saturated rings. The van der Waals surface area contributed by atoms with Gasteiger partial charge in [-0.1, -0.05) is 51.1 Å². The molecule has 7 heteroatoms. The maximum Gasteiger partial charge on any atom is 0.408 e. The number of nitrogens with one attached hydrogen (secondary N) is 1. The van der Waals surface area contributed by atoms with Crippen LogP contribution in [0.3, 0.4) is 0 Å². The van der Waals surface area contributed by atoms with Crippen molar-refractivity contribution in [3.8, 4) is 11.3 Å². The molecule has 1 heterocycles. The summed E-state index contributed by atoms with van der Waals surface area (Å²) in [6.07, 6.45) is 1.12. The minimum Gasteiger partial charge on any atom is -0.444 e. The normalized spacial score (nSPS) is 13.0. The van der Waals surface area contributed by atoms with Gasteiger partial charge >= 0.3 is 6.09 Å². The average Bonchev–Trinajstić information content (AvgIpc) is 3.09. The van der Waals surface area contributed by atoms with Gasteiger partial charge in [-0.15, -0.1) is 0 Å². The van der Waals surface area contributed by atoms with E-state index < -0.39 is 34.8 Å². The Balaban J connectivity index is 2.10. The van der Waals surface area contributed by atoms with Gasteiger partial charge in [0.2, 0.25) is 0 Å². The van der Waals surface area contributed by atoms with E-state index in [9.17, 15) is 13.6 Å². The Morgan fingerprint density at radius 2 is 1.73 bits per heavy atom. The topological polar surface area (TPSA) is 56.1 Å². The average molecular weight is 456 g/mol. The summed E-state index contributed by atoms with van der Waals surface area (Å²) in [5.74, 6) is -0.597. The van der Waals surface area contributed by atoms with E-state index in [4.69, 9.17) is 4.74 Å². The van der Waals surface area contributed by atoms with Crippen LogP contribution in [-0.4, -0.2) is 21.2 Å². The monoisotopic (exact) mass is 455 g/mol. The number of imidazole rings is 1. The van der Waals surface area contributed by atoms with E-state index in [-0.39, 0.29) is 11.3 Å². The van der Waals surface area contributed by atoms with Crippen LogP contribution in [-0.2, 0) is 11.3 Å². The molecule has 1 amide bonds. The fraction of sp³-hybridized carbons (Fsp3) is 0.385. The summed E-state index contributed by atoms with van der Waals surface area (Å²) in [7, 11) is 0. The molecular weight excluding hydrogens is 424 g/mol. The van der Waals surface area contributed by atoms with Crippen molar-refractivity contribution < 1.29 is 18.3 Å². The summed E-state index contributed by atoms with van der Waals surface area (Å²) >= 11 is 0. The Labute approximate surface area is 193 Å². The highest BCUT2D eigenvalue weighted by molar-refractivity contribution is 5.68. The summed E-state index contributed by atoms with van der Waals surface area (Å²) in [4.78, 5) is 17.3. The number of carbonyl (C=O) groups excluding carboxylic acids is 1. The summed E-state index contributed by atoms with van der Waals surface area (Å²) in [5, 5.41) is 2.93. The largest absolute Gasteiger partial charge is 0.444 e. The predicted octanol–water partition coefficient (Wildman–Crippen LogP) is 6.49. The third kappa shape index (κ3) is 6.40. The zero-order valence-corrected chi connectivity index (χ0v) is 19.9. The van der Waals surface area contributed by atoms with Crippen molar-refractivity contribution in [2.24, 2.45) is 5.41 Å². The smallest absolute Gasteiger partial charge is 0.408 e. The van der Waals surface area contributed by atoms with Crippen molar-refractivity contribution in [3.63, 3.8) is 0 Å². The minimum atomic E-state index is -0.665. The first-order valence-electron chi connectivity index (χ1n) is 10.9. The van der Waals surface area contributed by atoms with E-state index in [2.05, 4.69) is 10.3 Å². The lowest BCUT2D eigenvalue weighted by Gasteiger charge is -2.32. The predicted molar refractivity (Wildman–Crippen MR) is 125 cm³/mol. The number of amides is 1. The van der Waals surface area contributed by atoms with Gasteiger partial charge in [-0.3, -0.25) is 0 Å². The molecule has 5 nitrogen and oxygen atoms in total. The number of rotatable bonds is 5. The molecule has 0 saturated carbocycles. The molecule has 2 aromatic carbocycles. The maximum absolute atomic E-state index is 14.5. The van der Waals surface area contributed by atoms with E-state index in [0.29, 0.717) is 12.4 Å². The van der Waals surface area contributed by atoms with Crippen LogP contribution in [0, 0.1) is 17.0 Å². The number of hydrogen-bond acceptors (Lipinski definition) is 3. The summed E-state index contributed by atoms with van der Waals surface area (Å²) in [6, 6.07) is 12.5. The third-order valence-corrected chi connectivity index (χ3v) is 4.99. The zero-order valence-electron chi connectivity index (χ0n) is 19.9. The molecule has 3 aromatic rings. The fourth-order valence-electron chi connectivity index (χ4n) is 3.48.